The number of benzene rings is 3. The van der Waals surface area contributed by atoms with Gasteiger partial charge in [-0.1, -0.05) is 40.9 Å². The lowest BCUT2D eigenvalue weighted by Gasteiger charge is -2.13. The van der Waals surface area contributed by atoms with Crippen LogP contribution in [0.4, 0.5) is 5.69 Å². The van der Waals surface area contributed by atoms with Gasteiger partial charge in [0.2, 0.25) is 0 Å². The van der Waals surface area contributed by atoms with Crippen LogP contribution in [0.2, 0.25) is 15.1 Å². The predicted molar refractivity (Wildman–Crippen MR) is 127 cm³/mol. The number of carbonyl (C=O) groups is 1. The molecule has 0 aliphatic carbocycles. The summed E-state index contributed by atoms with van der Waals surface area (Å²) < 4.78 is 2.99. The molecule has 9 heteroatoms. The Hall–Kier alpha value is -3.19. The van der Waals surface area contributed by atoms with Crippen LogP contribution in [0.3, 0.4) is 0 Å². The van der Waals surface area contributed by atoms with Crippen LogP contribution in [0.5, 0.6) is 5.75 Å². The first kappa shape index (κ1) is 22.0. The molecule has 4 aromatic rings. The zero-order chi connectivity index (χ0) is 22.8. The summed E-state index contributed by atoms with van der Waals surface area (Å²) in [6.07, 6.45) is 1.47. The summed E-state index contributed by atoms with van der Waals surface area (Å²) in [5.41, 5.74) is 1.14. The SMILES string of the molecule is O=C(Nc1ccc(O)cc1)c1cn(Cc2ccc(Cl)cc2Cl)n(-c2ccc(Cl)cc2)c1=O. The molecule has 1 aromatic heterocycles. The number of rotatable bonds is 5. The normalized spacial score (nSPS) is 10.8. The number of aromatic hydroxyl groups is 1. The van der Waals surface area contributed by atoms with E-state index in [-0.39, 0.29) is 17.9 Å². The number of phenols is 1. The summed E-state index contributed by atoms with van der Waals surface area (Å²) in [5.74, 6) is -0.511. The van der Waals surface area contributed by atoms with Crippen LogP contribution in [0.15, 0.2) is 77.7 Å². The van der Waals surface area contributed by atoms with E-state index in [1.165, 1.54) is 35.1 Å². The molecule has 0 aliphatic heterocycles. The molecule has 6 nitrogen and oxygen atoms in total. The molecule has 4 rings (SSSR count). The van der Waals surface area contributed by atoms with Crippen molar-refractivity contribution < 1.29 is 9.90 Å². The number of amides is 1. The summed E-state index contributed by atoms with van der Waals surface area (Å²) in [6.45, 7) is 0.223. The minimum Gasteiger partial charge on any atom is -0.508 e. The van der Waals surface area contributed by atoms with Crippen molar-refractivity contribution in [1.29, 1.82) is 0 Å². The van der Waals surface area contributed by atoms with Gasteiger partial charge in [-0.25, -0.2) is 4.68 Å². The van der Waals surface area contributed by atoms with Crippen LogP contribution in [0.1, 0.15) is 15.9 Å². The van der Waals surface area contributed by atoms with Crippen LogP contribution < -0.4 is 10.9 Å². The van der Waals surface area contributed by atoms with Crippen molar-refractivity contribution in [1.82, 2.24) is 9.36 Å². The Morgan fingerprint density at radius 1 is 0.906 bits per heavy atom. The number of hydrogen-bond donors (Lipinski definition) is 2. The third-order valence-corrected chi connectivity index (χ3v) is 5.59. The minimum absolute atomic E-state index is 0.0573. The Labute approximate surface area is 198 Å². The Morgan fingerprint density at radius 3 is 2.22 bits per heavy atom. The topological polar surface area (TPSA) is 76.3 Å². The molecule has 0 saturated carbocycles. The van der Waals surface area contributed by atoms with E-state index in [2.05, 4.69) is 5.32 Å². The van der Waals surface area contributed by atoms with Crippen molar-refractivity contribution in [3.05, 3.63) is 109 Å². The summed E-state index contributed by atoms with van der Waals surface area (Å²) in [7, 11) is 0. The molecular weight excluding hydrogens is 473 g/mol. The highest BCUT2D eigenvalue weighted by molar-refractivity contribution is 6.35. The summed E-state index contributed by atoms with van der Waals surface area (Å²) in [4.78, 5) is 26.1. The molecule has 0 saturated heterocycles. The second kappa shape index (κ2) is 9.12. The van der Waals surface area contributed by atoms with Crippen molar-refractivity contribution in [2.75, 3.05) is 5.32 Å². The van der Waals surface area contributed by atoms with E-state index in [0.29, 0.717) is 26.4 Å². The van der Waals surface area contributed by atoms with E-state index in [4.69, 9.17) is 34.8 Å². The van der Waals surface area contributed by atoms with Crippen molar-refractivity contribution in [2.24, 2.45) is 0 Å². The second-order valence-corrected chi connectivity index (χ2v) is 8.25. The fourth-order valence-corrected chi connectivity index (χ4v) is 3.77. The van der Waals surface area contributed by atoms with E-state index < -0.39 is 11.5 Å². The zero-order valence-corrected chi connectivity index (χ0v) is 18.7. The molecule has 0 fully saturated rings. The first-order chi connectivity index (χ1) is 15.3. The standard InChI is InChI=1S/C23H16Cl3N3O3/c24-15-3-7-18(8-4-15)29-23(32)20(22(31)27-17-5-9-19(30)10-6-17)13-28(29)12-14-1-2-16(25)11-21(14)26/h1-11,13,30H,12H2,(H,27,31). The van der Waals surface area contributed by atoms with Gasteiger partial charge in [-0.3, -0.25) is 14.3 Å². The van der Waals surface area contributed by atoms with Gasteiger partial charge in [-0.15, -0.1) is 0 Å². The largest absolute Gasteiger partial charge is 0.508 e. The fourth-order valence-electron chi connectivity index (χ4n) is 3.18. The van der Waals surface area contributed by atoms with Gasteiger partial charge in [0, 0.05) is 27.0 Å². The third-order valence-electron chi connectivity index (χ3n) is 4.75. The van der Waals surface area contributed by atoms with Gasteiger partial charge in [-0.05, 0) is 66.2 Å². The summed E-state index contributed by atoms with van der Waals surface area (Å²) >= 11 is 18.3. The van der Waals surface area contributed by atoms with Crippen LogP contribution in [0, 0.1) is 0 Å². The average Bonchev–Trinajstić information content (AvgIpc) is 3.08. The molecule has 0 spiro atoms. The average molecular weight is 489 g/mol. The van der Waals surface area contributed by atoms with E-state index in [1.54, 1.807) is 47.1 Å². The lowest BCUT2D eigenvalue weighted by atomic mass is 10.2. The van der Waals surface area contributed by atoms with Gasteiger partial charge < -0.3 is 10.4 Å². The first-order valence-corrected chi connectivity index (χ1v) is 10.6. The summed E-state index contributed by atoms with van der Waals surface area (Å²) in [5, 5.41) is 13.5. The number of nitrogens with one attached hydrogen (secondary N) is 1. The smallest absolute Gasteiger partial charge is 0.284 e. The molecule has 32 heavy (non-hydrogen) atoms. The number of anilines is 1. The Morgan fingerprint density at radius 2 is 1.56 bits per heavy atom. The van der Waals surface area contributed by atoms with Crippen molar-refractivity contribution >= 4 is 46.4 Å². The lowest BCUT2D eigenvalue weighted by Crippen LogP contribution is -2.26. The maximum Gasteiger partial charge on any atom is 0.284 e. The third kappa shape index (κ3) is 4.67. The molecule has 0 aliphatic rings. The van der Waals surface area contributed by atoms with Crippen LogP contribution in [-0.4, -0.2) is 20.4 Å². The second-order valence-electron chi connectivity index (χ2n) is 6.97. The quantitative estimate of drug-likeness (QED) is 0.359. The zero-order valence-electron chi connectivity index (χ0n) is 16.4. The fraction of sp³-hybridized carbons (Fsp3) is 0.0435. The number of nitrogens with zero attached hydrogens (tertiary/aromatic N) is 2. The predicted octanol–water partition coefficient (Wildman–Crippen LogP) is 5.61. The van der Waals surface area contributed by atoms with E-state index >= 15 is 0 Å². The van der Waals surface area contributed by atoms with Gasteiger partial charge in [0.25, 0.3) is 11.5 Å². The van der Waals surface area contributed by atoms with Gasteiger partial charge in [0.05, 0.1) is 12.2 Å². The van der Waals surface area contributed by atoms with Crippen LogP contribution in [-0.2, 0) is 6.54 Å². The molecule has 0 atom stereocenters. The number of hydrogen-bond acceptors (Lipinski definition) is 3. The monoisotopic (exact) mass is 487 g/mol. The molecule has 1 amide bonds. The molecule has 1 heterocycles. The number of halogens is 3. The summed E-state index contributed by atoms with van der Waals surface area (Å²) in [6, 6.07) is 17.7. The number of aromatic nitrogens is 2. The first-order valence-electron chi connectivity index (χ1n) is 9.44. The van der Waals surface area contributed by atoms with E-state index in [1.807, 2.05) is 0 Å². The molecule has 0 radical (unpaired) electrons. The highest BCUT2D eigenvalue weighted by Crippen LogP contribution is 2.23. The van der Waals surface area contributed by atoms with Crippen LogP contribution in [0.25, 0.3) is 5.69 Å². The van der Waals surface area contributed by atoms with E-state index in [9.17, 15) is 14.7 Å². The Kier molecular flexibility index (Phi) is 6.28. The van der Waals surface area contributed by atoms with Crippen molar-refractivity contribution in [3.63, 3.8) is 0 Å². The van der Waals surface area contributed by atoms with Gasteiger partial charge in [0.15, 0.2) is 0 Å². The van der Waals surface area contributed by atoms with Gasteiger partial charge >= 0.3 is 0 Å². The highest BCUT2D eigenvalue weighted by atomic mass is 35.5. The molecule has 3 aromatic carbocycles. The van der Waals surface area contributed by atoms with Gasteiger partial charge in [0.1, 0.15) is 11.3 Å². The molecule has 162 valence electrons. The van der Waals surface area contributed by atoms with E-state index in [0.717, 1.165) is 5.56 Å². The Bertz CT molecular complexity index is 1340. The number of carbonyl (C=O) groups excluding carboxylic acids is 1. The van der Waals surface area contributed by atoms with Gasteiger partial charge in [-0.2, -0.15) is 0 Å². The lowest BCUT2D eigenvalue weighted by molar-refractivity contribution is 0.102. The maximum atomic E-state index is 13.2. The Balaban J connectivity index is 1.77. The maximum absolute atomic E-state index is 13.2. The molecule has 0 unspecified atom stereocenters. The number of phenolic OH excluding ortho intramolecular Hbond substituents is 1. The van der Waals surface area contributed by atoms with Crippen LogP contribution >= 0.6 is 34.8 Å². The molecular formula is C23H16Cl3N3O3. The highest BCUT2D eigenvalue weighted by Gasteiger charge is 2.20. The minimum atomic E-state index is -0.579. The molecule has 0 bridgehead atoms. The van der Waals surface area contributed by atoms with Crippen molar-refractivity contribution in [3.8, 4) is 11.4 Å². The molecule has 2 N–H and O–H groups in total. The van der Waals surface area contributed by atoms with Crippen molar-refractivity contribution in [2.45, 2.75) is 6.54 Å².